The summed E-state index contributed by atoms with van der Waals surface area (Å²) in [6, 6.07) is 2.99. The zero-order chi connectivity index (χ0) is 14.2. The zero-order valence-electron chi connectivity index (χ0n) is 10.7. The minimum atomic E-state index is -0.532. The number of amides is 1. The molecule has 1 N–H and O–H groups in total. The van der Waals surface area contributed by atoms with Gasteiger partial charge in [-0.05, 0) is 25.0 Å². The molecule has 6 heteroatoms. The quantitative estimate of drug-likeness (QED) is 0.668. The number of carbonyl (C=O) groups excluding carboxylic acids is 2. The molecular formula is C13H14N2O4. The third-order valence-electron chi connectivity index (χ3n) is 3.36. The zero-order valence-corrected chi connectivity index (χ0v) is 10.7. The second-order valence-corrected chi connectivity index (χ2v) is 4.60. The van der Waals surface area contributed by atoms with Crippen LogP contribution in [0.2, 0.25) is 0 Å². The second kappa shape index (κ2) is 4.79. The largest absolute Gasteiger partial charge is 0.321 e. The lowest BCUT2D eigenvalue weighted by Gasteiger charge is -2.06. The first-order valence-corrected chi connectivity index (χ1v) is 6.07. The number of hydrogen-bond acceptors (Lipinski definition) is 4. The lowest BCUT2D eigenvalue weighted by Crippen LogP contribution is -2.09. The van der Waals surface area contributed by atoms with Crippen molar-refractivity contribution >= 4 is 23.1 Å². The number of carbonyl (C=O) groups is 2. The number of rotatable bonds is 3. The predicted molar refractivity (Wildman–Crippen MR) is 69.2 cm³/mol. The molecule has 19 heavy (non-hydrogen) atoms. The molecule has 1 atom stereocenters. The van der Waals surface area contributed by atoms with Gasteiger partial charge in [0.15, 0.2) is 5.78 Å². The Morgan fingerprint density at radius 3 is 2.74 bits per heavy atom. The van der Waals surface area contributed by atoms with Crippen molar-refractivity contribution in [1.29, 1.82) is 0 Å². The van der Waals surface area contributed by atoms with E-state index in [9.17, 15) is 19.7 Å². The Balaban J connectivity index is 2.57. The van der Waals surface area contributed by atoms with Crippen molar-refractivity contribution in [3.63, 3.8) is 0 Å². The van der Waals surface area contributed by atoms with E-state index < -0.39 is 4.92 Å². The molecule has 6 nitrogen and oxygen atoms in total. The molecular weight excluding hydrogens is 248 g/mol. The van der Waals surface area contributed by atoms with Gasteiger partial charge in [0.1, 0.15) is 5.69 Å². The molecule has 1 aliphatic carbocycles. The molecule has 0 saturated carbocycles. The summed E-state index contributed by atoms with van der Waals surface area (Å²) in [5.41, 5.74) is 0.846. The molecule has 0 aromatic heterocycles. The van der Waals surface area contributed by atoms with Crippen molar-refractivity contribution in [3.8, 4) is 0 Å². The lowest BCUT2D eigenvalue weighted by molar-refractivity contribution is -0.384. The van der Waals surface area contributed by atoms with Gasteiger partial charge in [-0.2, -0.15) is 0 Å². The van der Waals surface area contributed by atoms with Crippen molar-refractivity contribution in [2.24, 2.45) is 5.92 Å². The highest BCUT2D eigenvalue weighted by molar-refractivity contribution is 6.05. The number of fused-ring (bicyclic) bond motifs is 1. The number of nitrogens with one attached hydrogen (secondary N) is 1. The minimum Gasteiger partial charge on any atom is -0.321 e. The van der Waals surface area contributed by atoms with Gasteiger partial charge in [-0.3, -0.25) is 19.7 Å². The summed E-state index contributed by atoms with van der Waals surface area (Å²) < 4.78 is 0. The Bertz CT molecular complexity index is 580. The fourth-order valence-electron chi connectivity index (χ4n) is 2.46. The monoisotopic (exact) mass is 262 g/mol. The number of nitrogens with zero attached hydrogens (tertiary/aromatic N) is 1. The Labute approximate surface area is 110 Å². The van der Waals surface area contributed by atoms with E-state index in [0.717, 1.165) is 0 Å². The van der Waals surface area contributed by atoms with Crippen LogP contribution in [-0.2, 0) is 11.2 Å². The second-order valence-electron chi connectivity index (χ2n) is 4.60. The van der Waals surface area contributed by atoms with Gasteiger partial charge in [-0.1, -0.05) is 6.92 Å². The van der Waals surface area contributed by atoms with Gasteiger partial charge in [0.05, 0.1) is 4.92 Å². The van der Waals surface area contributed by atoms with Crippen molar-refractivity contribution in [2.45, 2.75) is 26.7 Å². The highest BCUT2D eigenvalue weighted by Gasteiger charge is 2.36. The number of ketones is 1. The molecule has 0 fully saturated rings. The van der Waals surface area contributed by atoms with E-state index in [4.69, 9.17) is 0 Å². The first-order valence-electron chi connectivity index (χ1n) is 6.07. The minimum absolute atomic E-state index is 0.0463. The van der Waals surface area contributed by atoms with Gasteiger partial charge in [0, 0.05) is 24.0 Å². The van der Waals surface area contributed by atoms with Crippen LogP contribution >= 0.6 is 0 Å². The maximum atomic E-state index is 12.0. The summed E-state index contributed by atoms with van der Waals surface area (Å²) in [4.78, 5) is 33.8. The summed E-state index contributed by atoms with van der Waals surface area (Å²) in [5.74, 6) is -0.615. The Kier molecular flexibility index (Phi) is 3.33. The van der Waals surface area contributed by atoms with Crippen molar-refractivity contribution in [2.75, 3.05) is 5.32 Å². The summed E-state index contributed by atoms with van der Waals surface area (Å²) in [5, 5.41) is 13.6. The number of nitro groups is 1. The number of Topliss-reactive ketones (excluding diaryl/α,β-unsaturated/α-hetero) is 1. The van der Waals surface area contributed by atoms with Crippen LogP contribution in [0.5, 0.6) is 0 Å². The van der Waals surface area contributed by atoms with Crippen LogP contribution in [0.25, 0.3) is 0 Å². The van der Waals surface area contributed by atoms with E-state index in [1.165, 1.54) is 13.0 Å². The molecule has 1 aliphatic rings. The highest BCUT2D eigenvalue weighted by atomic mass is 16.6. The standard InChI is InChI=1S/C13H14N2O4/c1-3-8-6-10-9(13(8)17)4-5-11(14-7(2)16)12(10)15(18)19/h4-5,8H,3,6H2,1-2H3,(H,14,16). The van der Waals surface area contributed by atoms with Crippen LogP contribution in [-0.4, -0.2) is 16.6 Å². The average molecular weight is 262 g/mol. The molecule has 0 saturated heterocycles. The lowest BCUT2D eigenvalue weighted by atomic mass is 10.0. The summed E-state index contributed by atoms with van der Waals surface area (Å²) in [7, 11) is 0. The summed E-state index contributed by atoms with van der Waals surface area (Å²) in [6.45, 7) is 3.17. The molecule has 1 amide bonds. The molecule has 1 unspecified atom stereocenters. The number of nitro benzene ring substituents is 1. The van der Waals surface area contributed by atoms with Gasteiger partial charge < -0.3 is 5.32 Å². The Morgan fingerprint density at radius 1 is 1.53 bits per heavy atom. The van der Waals surface area contributed by atoms with E-state index in [0.29, 0.717) is 24.0 Å². The number of hydrogen-bond donors (Lipinski definition) is 1. The predicted octanol–water partition coefficient (Wildman–Crippen LogP) is 2.32. The molecule has 2 rings (SSSR count). The summed E-state index contributed by atoms with van der Waals surface area (Å²) in [6.07, 6.45) is 1.02. The SMILES string of the molecule is CCC1Cc2c(ccc(NC(C)=O)c2[N+](=O)[O-])C1=O. The normalized spacial score (nSPS) is 17.2. The fraction of sp³-hybridized carbons (Fsp3) is 0.385. The summed E-state index contributed by atoms with van der Waals surface area (Å²) >= 11 is 0. The van der Waals surface area contributed by atoms with Gasteiger partial charge in [-0.15, -0.1) is 0 Å². The van der Waals surface area contributed by atoms with Crippen molar-refractivity contribution in [1.82, 2.24) is 0 Å². The average Bonchev–Trinajstić information content (AvgIpc) is 2.64. The van der Waals surface area contributed by atoms with E-state index >= 15 is 0 Å². The fourth-order valence-corrected chi connectivity index (χ4v) is 2.46. The van der Waals surface area contributed by atoms with E-state index in [1.54, 1.807) is 6.07 Å². The van der Waals surface area contributed by atoms with Gasteiger partial charge in [0.25, 0.3) is 5.69 Å². The molecule has 0 aliphatic heterocycles. The van der Waals surface area contributed by atoms with Crippen LogP contribution in [0.4, 0.5) is 11.4 Å². The maximum absolute atomic E-state index is 12.0. The smallest absolute Gasteiger partial charge is 0.296 e. The van der Waals surface area contributed by atoms with Crippen LogP contribution in [0.3, 0.4) is 0 Å². The van der Waals surface area contributed by atoms with Gasteiger partial charge in [-0.25, -0.2) is 0 Å². The highest BCUT2D eigenvalue weighted by Crippen LogP contribution is 2.39. The van der Waals surface area contributed by atoms with Crippen LogP contribution < -0.4 is 5.32 Å². The van der Waals surface area contributed by atoms with E-state index in [2.05, 4.69) is 5.32 Å². The van der Waals surface area contributed by atoms with Crippen LogP contribution in [0.1, 0.15) is 36.2 Å². The molecule has 100 valence electrons. The van der Waals surface area contributed by atoms with Crippen LogP contribution in [0, 0.1) is 16.0 Å². The first-order chi connectivity index (χ1) is 8.95. The van der Waals surface area contributed by atoms with Gasteiger partial charge >= 0.3 is 0 Å². The first kappa shape index (κ1) is 13.2. The Morgan fingerprint density at radius 2 is 2.21 bits per heavy atom. The molecule has 0 heterocycles. The topological polar surface area (TPSA) is 89.3 Å². The molecule has 1 aromatic carbocycles. The number of anilines is 1. The molecule has 0 radical (unpaired) electrons. The van der Waals surface area contributed by atoms with E-state index in [-0.39, 0.29) is 29.0 Å². The van der Waals surface area contributed by atoms with Crippen molar-refractivity contribution in [3.05, 3.63) is 33.4 Å². The van der Waals surface area contributed by atoms with Gasteiger partial charge in [0.2, 0.25) is 5.91 Å². The Hall–Kier alpha value is -2.24. The molecule has 1 aromatic rings. The maximum Gasteiger partial charge on any atom is 0.296 e. The third-order valence-corrected chi connectivity index (χ3v) is 3.36. The molecule has 0 spiro atoms. The van der Waals surface area contributed by atoms with Crippen LogP contribution in [0.15, 0.2) is 12.1 Å². The van der Waals surface area contributed by atoms with E-state index in [1.807, 2.05) is 6.92 Å². The third kappa shape index (κ3) is 2.21. The number of benzene rings is 1. The molecule has 0 bridgehead atoms. The van der Waals surface area contributed by atoms with Crippen molar-refractivity contribution < 1.29 is 14.5 Å².